The molecule has 6 heteroatoms. The maximum Gasteiger partial charge on any atom is 0.139 e. The van der Waals surface area contributed by atoms with Crippen LogP contribution in [0.5, 0.6) is 5.75 Å². The highest BCUT2D eigenvalue weighted by Crippen LogP contribution is 2.11. The molecular weight excluding hydrogens is 230 g/mol. The second-order valence-electron chi connectivity index (χ2n) is 3.59. The van der Waals surface area contributed by atoms with E-state index < -0.39 is 0 Å². The van der Waals surface area contributed by atoms with Gasteiger partial charge in [-0.15, -0.1) is 5.10 Å². The molecule has 0 saturated heterocycles. The number of nitrogens with two attached hydrogens (primary N) is 1. The molecule has 0 amide bonds. The molecule has 6 nitrogen and oxygen atoms in total. The van der Waals surface area contributed by atoms with E-state index in [1.807, 2.05) is 6.07 Å². The summed E-state index contributed by atoms with van der Waals surface area (Å²) in [5.74, 6) is 6.31. The van der Waals surface area contributed by atoms with Gasteiger partial charge in [0.2, 0.25) is 0 Å². The molecule has 0 unspecified atom stereocenters. The minimum Gasteiger partial charge on any atom is -0.485 e. The Morgan fingerprint density at radius 2 is 2.33 bits per heavy atom. The van der Waals surface area contributed by atoms with Crippen molar-refractivity contribution in [3.8, 4) is 17.6 Å². The first-order valence-corrected chi connectivity index (χ1v) is 5.40. The molecule has 0 aromatic carbocycles. The predicted octanol–water partition coefficient (Wildman–Crippen LogP) is 0.0993. The van der Waals surface area contributed by atoms with E-state index >= 15 is 0 Å². The monoisotopic (exact) mass is 243 g/mol. The molecule has 0 spiro atoms. The van der Waals surface area contributed by atoms with Gasteiger partial charge in [-0.2, -0.15) is 0 Å². The van der Waals surface area contributed by atoms with E-state index in [4.69, 9.17) is 10.5 Å². The largest absolute Gasteiger partial charge is 0.485 e. The van der Waals surface area contributed by atoms with Gasteiger partial charge >= 0.3 is 0 Å². The van der Waals surface area contributed by atoms with Crippen LogP contribution in [0.1, 0.15) is 11.3 Å². The normalized spacial score (nSPS) is 9.67. The fraction of sp³-hybridized carbons (Fsp3) is 0.250. The first kappa shape index (κ1) is 12.1. The molecule has 0 aliphatic heterocycles. The van der Waals surface area contributed by atoms with Crippen LogP contribution >= 0.6 is 0 Å². The summed E-state index contributed by atoms with van der Waals surface area (Å²) in [6, 6.07) is 1.81. The minimum absolute atomic E-state index is 0.324. The Morgan fingerprint density at radius 3 is 3.06 bits per heavy atom. The molecule has 2 aromatic rings. The Kier molecular flexibility index (Phi) is 3.89. The highest BCUT2D eigenvalue weighted by atomic mass is 16.5. The van der Waals surface area contributed by atoms with Crippen LogP contribution in [-0.4, -0.2) is 26.5 Å². The van der Waals surface area contributed by atoms with Crippen molar-refractivity contribution in [2.45, 2.75) is 6.61 Å². The maximum absolute atomic E-state index is 5.55. The Labute approximate surface area is 105 Å². The number of ether oxygens (including phenoxy) is 1. The van der Waals surface area contributed by atoms with Gasteiger partial charge in [0.05, 0.1) is 18.9 Å². The van der Waals surface area contributed by atoms with Gasteiger partial charge in [-0.25, -0.2) is 0 Å². The van der Waals surface area contributed by atoms with Crippen molar-refractivity contribution in [2.75, 3.05) is 6.54 Å². The fourth-order valence-corrected chi connectivity index (χ4v) is 1.34. The van der Waals surface area contributed by atoms with Gasteiger partial charge in [-0.05, 0) is 6.07 Å². The van der Waals surface area contributed by atoms with E-state index in [9.17, 15) is 0 Å². The molecule has 0 fully saturated rings. The summed E-state index contributed by atoms with van der Waals surface area (Å²) in [4.78, 5) is 4.05. The number of pyridine rings is 1. The van der Waals surface area contributed by atoms with E-state index in [0.29, 0.717) is 18.9 Å². The first-order valence-electron chi connectivity index (χ1n) is 5.40. The molecule has 0 saturated carbocycles. The average Bonchev–Trinajstić information content (AvgIpc) is 2.80. The molecule has 0 aliphatic carbocycles. The quantitative estimate of drug-likeness (QED) is 0.773. The van der Waals surface area contributed by atoms with Crippen molar-refractivity contribution in [3.63, 3.8) is 0 Å². The van der Waals surface area contributed by atoms with Crippen molar-refractivity contribution in [1.29, 1.82) is 0 Å². The number of nitrogens with zero attached hydrogens (tertiary/aromatic N) is 4. The first-order chi connectivity index (χ1) is 8.78. The number of aryl methyl sites for hydroxylation is 1. The lowest BCUT2D eigenvalue weighted by atomic mass is 10.3. The second kappa shape index (κ2) is 5.80. The third-order valence-corrected chi connectivity index (χ3v) is 2.08. The third-order valence-electron chi connectivity index (χ3n) is 2.08. The van der Waals surface area contributed by atoms with Gasteiger partial charge in [0.25, 0.3) is 0 Å². The van der Waals surface area contributed by atoms with Crippen molar-refractivity contribution in [2.24, 2.45) is 12.8 Å². The summed E-state index contributed by atoms with van der Waals surface area (Å²) >= 11 is 0. The van der Waals surface area contributed by atoms with Crippen LogP contribution in [0.15, 0.2) is 24.7 Å². The van der Waals surface area contributed by atoms with E-state index in [0.717, 1.165) is 11.3 Å². The van der Waals surface area contributed by atoms with Crippen LogP contribution in [0.3, 0.4) is 0 Å². The van der Waals surface area contributed by atoms with Crippen LogP contribution in [0.2, 0.25) is 0 Å². The summed E-state index contributed by atoms with van der Waals surface area (Å²) in [5.41, 5.74) is 6.84. The van der Waals surface area contributed by atoms with Crippen LogP contribution in [0.4, 0.5) is 0 Å². The molecule has 2 aromatic heterocycles. The van der Waals surface area contributed by atoms with Gasteiger partial charge in [-0.1, -0.05) is 17.1 Å². The summed E-state index contributed by atoms with van der Waals surface area (Å²) in [6.07, 6.45) is 5.09. The highest BCUT2D eigenvalue weighted by molar-refractivity contribution is 5.36. The zero-order valence-electron chi connectivity index (χ0n) is 10.00. The molecule has 2 rings (SSSR count). The van der Waals surface area contributed by atoms with Crippen LogP contribution in [0, 0.1) is 11.8 Å². The summed E-state index contributed by atoms with van der Waals surface area (Å²) < 4.78 is 7.17. The van der Waals surface area contributed by atoms with E-state index in [2.05, 4.69) is 27.1 Å². The smallest absolute Gasteiger partial charge is 0.139 e. The zero-order chi connectivity index (χ0) is 12.8. The van der Waals surface area contributed by atoms with Crippen molar-refractivity contribution >= 4 is 0 Å². The van der Waals surface area contributed by atoms with Crippen LogP contribution in [-0.2, 0) is 13.7 Å². The lowest BCUT2D eigenvalue weighted by molar-refractivity contribution is 0.300. The zero-order valence-corrected chi connectivity index (χ0v) is 10.00. The maximum atomic E-state index is 5.55. The molecule has 0 aliphatic rings. The van der Waals surface area contributed by atoms with E-state index in [-0.39, 0.29) is 0 Å². The predicted molar refractivity (Wildman–Crippen MR) is 65.5 cm³/mol. The molecule has 0 bridgehead atoms. The molecule has 18 heavy (non-hydrogen) atoms. The number of hydrogen-bond acceptors (Lipinski definition) is 5. The van der Waals surface area contributed by atoms with Gasteiger partial charge in [0.1, 0.15) is 18.1 Å². The third kappa shape index (κ3) is 3.30. The SMILES string of the molecule is Cn1cc(COc2cncc(C#CCN)c2)nn1. The molecule has 0 atom stereocenters. The molecule has 92 valence electrons. The number of aromatic nitrogens is 4. The van der Waals surface area contributed by atoms with Crippen LogP contribution in [0.25, 0.3) is 0 Å². The van der Waals surface area contributed by atoms with Crippen molar-refractivity contribution in [1.82, 2.24) is 20.0 Å². The fourth-order valence-electron chi connectivity index (χ4n) is 1.34. The van der Waals surface area contributed by atoms with Gasteiger partial charge < -0.3 is 10.5 Å². The Balaban J connectivity index is 2.01. The second-order valence-corrected chi connectivity index (χ2v) is 3.59. The van der Waals surface area contributed by atoms with E-state index in [1.165, 1.54) is 0 Å². The summed E-state index contributed by atoms with van der Waals surface area (Å²) in [7, 11) is 1.81. The lowest BCUT2D eigenvalue weighted by Crippen LogP contribution is -1.97. The topological polar surface area (TPSA) is 78.9 Å². The Hall–Kier alpha value is -2.39. The Bertz CT molecular complexity index is 581. The lowest BCUT2D eigenvalue weighted by Gasteiger charge is -2.03. The van der Waals surface area contributed by atoms with E-state index in [1.54, 1.807) is 30.3 Å². The molecule has 2 N–H and O–H groups in total. The van der Waals surface area contributed by atoms with Crippen LogP contribution < -0.4 is 10.5 Å². The van der Waals surface area contributed by atoms with Crippen molar-refractivity contribution < 1.29 is 4.74 Å². The molecule has 0 radical (unpaired) electrons. The summed E-state index contributed by atoms with van der Waals surface area (Å²) in [5, 5.41) is 7.75. The average molecular weight is 243 g/mol. The minimum atomic E-state index is 0.324. The van der Waals surface area contributed by atoms with Gasteiger partial charge in [0.15, 0.2) is 0 Å². The van der Waals surface area contributed by atoms with Crippen molar-refractivity contribution in [3.05, 3.63) is 35.9 Å². The standard InChI is InChI=1S/C12H13N5O/c1-17-8-11(15-16-17)9-18-12-5-10(3-2-4-13)6-14-7-12/h5-8H,4,9,13H2,1H3. The van der Waals surface area contributed by atoms with Gasteiger partial charge in [-0.3, -0.25) is 9.67 Å². The number of hydrogen-bond donors (Lipinski definition) is 1. The summed E-state index contributed by atoms with van der Waals surface area (Å²) in [6.45, 7) is 0.675. The molecule has 2 heterocycles. The van der Waals surface area contributed by atoms with Gasteiger partial charge in [0, 0.05) is 18.8 Å². The molecular formula is C12H13N5O. The number of rotatable bonds is 3. The highest BCUT2D eigenvalue weighted by Gasteiger charge is 2.00. The Morgan fingerprint density at radius 1 is 1.44 bits per heavy atom.